The number of esters is 1. The zero-order chi connectivity index (χ0) is 13.3. The maximum atomic E-state index is 12.5. The van der Waals surface area contributed by atoms with Crippen LogP contribution in [-0.2, 0) is 21.3 Å². The molecule has 0 radical (unpaired) electrons. The molecule has 0 saturated heterocycles. The summed E-state index contributed by atoms with van der Waals surface area (Å²) in [6.45, 7) is 4.31. The monoisotopic (exact) mass is 246 g/mol. The lowest BCUT2D eigenvalue weighted by molar-refractivity contribution is -0.154. The maximum absolute atomic E-state index is 12.5. The van der Waals surface area contributed by atoms with Crippen molar-refractivity contribution in [3.05, 3.63) is 35.4 Å². The first-order chi connectivity index (χ1) is 7.63. The first-order valence-electron chi connectivity index (χ1n) is 5.00. The summed E-state index contributed by atoms with van der Waals surface area (Å²) in [7, 11) is 0. The second kappa shape index (κ2) is 4.39. The van der Waals surface area contributed by atoms with E-state index in [9.17, 15) is 18.0 Å². The van der Waals surface area contributed by atoms with E-state index < -0.39 is 23.3 Å². The molecule has 0 spiro atoms. The van der Waals surface area contributed by atoms with Crippen molar-refractivity contribution in [3.8, 4) is 0 Å². The van der Waals surface area contributed by atoms with Crippen LogP contribution in [-0.4, -0.2) is 5.97 Å². The molecule has 0 fully saturated rings. The minimum Gasteiger partial charge on any atom is -0.455 e. The number of carbonyl (C=O) groups excluding carboxylic acids is 1. The van der Waals surface area contributed by atoms with Gasteiger partial charge >= 0.3 is 12.1 Å². The molecule has 17 heavy (non-hydrogen) atoms. The molecule has 0 atom stereocenters. The molecule has 0 aliphatic carbocycles. The molecular weight excluding hydrogens is 233 g/mol. The third-order valence-corrected chi connectivity index (χ3v) is 2.28. The van der Waals surface area contributed by atoms with Gasteiger partial charge in [0, 0.05) is 6.92 Å². The summed E-state index contributed by atoms with van der Waals surface area (Å²) in [5.41, 5.74) is -1.52. The second-order valence-corrected chi connectivity index (χ2v) is 4.18. The Morgan fingerprint density at radius 3 is 2.18 bits per heavy atom. The predicted molar refractivity (Wildman–Crippen MR) is 56.2 cm³/mol. The number of alkyl halides is 3. The van der Waals surface area contributed by atoms with Gasteiger partial charge in [0.15, 0.2) is 0 Å². The highest BCUT2D eigenvalue weighted by Gasteiger charge is 2.32. The number of hydrogen-bond donors (Lipinski definition) is 0. The molecule has 1 aromatic rings. The molecule has 2 nitrogen and oxygen atoms in total. The maximum Gasteiger partial charge on any atom is 0.416 e. The fourth-order valence-corrected chi connectivity index (χ4v) is 1.49. The van der Waals surface area contributed by atoms with Crippen molar-refractivity contribution < 1.29 is 22.7 Å². The van der Waals surface area contributed by atoms with Crippen molar-refractivity contribution in [1.29, 1.82) is 0 Å². The zero-order valence-electron chi connectivity index (χ0n) is 9.76. The Hall–Kier alpha value is -1.52. The highest BCUT2D eigenvalue weighted by atomic mass is 19.4. The molecule has 0 aliphatic heterocycles. The van der Waals surface area contributed by atoms with Gasteiger partial charge in [-0.2, -0.15) is 13.2 Å². The molecule has 94 valence electrons. The molecule has 0 amide bonds. The van der Waals surface area contributed by atoms with Crippen molar-refractivity contribution >= 4 is 5.97 Å². The Kier molecular flexibility index (Phi) is 3.50. The van der Waals surface area contributed by atoms with Crippen LogP contribution in [0.3, 0.4) is 0 Å². The van der Waals surface area contributed by atoms with Gasteiger partial charge in [-0.15, -0.1) is 0 Å². The average molecular weight is 246 g/mol. The van der Waals surface area contributed by atoms with Crippen LogP contribution < -0.4 is 0 Å². The molecule has 5 heteroatoms. The number of halogens is 3. The lowest BCUT2D eigenvalue weighted by atomic mass is 9.96. The second-order valence-electron chi connectivity index (χ2n) is 4.18. The van der Waals surface area contributed by atoms with E-state index >= 15 is 0 Å². The molecule has 0 heterocycles. The Bertz CT molecular complexity index is 422. The fourth-order valence-electron chi connectivity index (χ4n) is 1.49. The van der Waals surface area contributed by atoms with E-state index in [-0.39, 0.29) is 0 Å². The summed E-state index contributed by atoms with van der Waals surface area (Å²) in [6.07, 6.45) is -4.40. The highest BCUT2D eigenvalue weighted by Crippen LogP contribution is 2.33. The van der Waals surface area contributed by atoms with Gasteiger partial charge in [0.05, 0.1) is 5.56 Å². The summed E-state index contributed by atoms with van der Waals surface area (Å²) < 4.78 is 42.5. The van der Waals surface area contributed by atoms with Crippen LogP contribution >= 0.6 is 0 Å². The average Bonchev–Trinajstić information content (AvgIpc) is 2.14. The van der Waals surface area contributed by atoms with Gasteiger partial charge in [0.25, 0.3) is 0 Å². The molecule has 0 saturated carbocycles. The van der Waals surface area contributed by atoms with Gasteiger partial charge in [0.2, 0.25) is 0 Å². The van der Waals surface area contributed by atoms with Crippen LogP contribution in [0.1, 0.15) is 31.9 Å². The molecule has 1 rings (SSSR count). The fraction of sp³-hybridized carbons (Fsp3) is 0.417. The molecular formula is C12H13F3O2. The predicted octanol–water partition coefficient (Wildman–Crippen LogP) is 3.50. The standard InChI is InChI=1S/C12H13F3O2/c1-8(16)17-11(2,3)9-5-4-6-10(7-9)12(13,14)15/h4-7H,1-3H3. The van der Waals surface area contributed by atoms with Crippen molar-refractivity contribution in [2.75, 3.05) is 0 Å². The summed E-state index contributed by atoms with van der Waals surface area (Å²) >= 11 is 0. The van der Waals surface area contributed by atoms with Crippen molar-refractivity contribution in [2.24, 2.45) is 0 Å². The smallest absolute Gasteiger partial charge is 0.416 e. The van der Waals surface area contributed by atoms with Gasteiger partial charge < -0.3 is 4.74 Å². The van der Waals surface area contributed by atoms with E-state index in [1.54, 1.807) is 13.8 Å². The van der Waals surface area contributed by atoms with Gasteiger partial charge in [-0.05, 0) is 31.5 Å². The summed E-state index contributed by atoms with van der Waals surface area (Å²) in [5.74, 6) is -0.535. The van der Waals surface area contributed by atoms with Gasteiger partial charge in [-0.25, -0.2) is 0 Å². The van der Waals surface area contributed by atoms with Crippen LogP contribution in [0.4, 0.5) is 13.2 Å². The summed E-state index contributed by atoms with van der Waals surface area (Å²) in [6, 6.07) is 4.76. The molecule has 0 unspecified atom stereocenters. The van der Waals surface area contributed by atoms with Crippen LogP contribution in [0.2, 0.25) is 0 Å². The lowest BCUT2D eigenvalue weighted by Gasteiger charge is -2.25. The quantitative estimate of drug-likeness (QED) is 0.746. The van der Waals surface area contributed by atoms with Crippen LogP contribution in [0, 0.1) is 0 Å². The van der Waals surface area contributed by atoms with Crippen LogP contribution in [0.25, 0.3) is 0 Å². The van der Waals surface area contributed by atoms with E-state index in [4.69, 9.17) is 4.74 Å². The van der Waals surface area contributed by atoms with Crippen LogP contribution in [0.15, 0.2) is 24.3 Å². The Balaban J connectivity index is 3.11. The number of rotatable bonds is 2. The number of ether oxygens (including phenoxy) is 1. The van der Waals surface area contributed by atoms with Gasteiger partial charge in [0.1, 0.15) is 5.60 Å². The Morgan fingerprint density at radius 2 is 1.71 bits per heavy atom. The van der Waals surface area contributed by atoms with Crippen molar-refractivity contribution in [1.82, 2.24) is 0 Å². The molecule has 0 N–H and O–H groups in total. The molecule has 1 aromatic carbocycles. The number of hydrogen-bond acceptors (Lipinski definition) is 2. The SMILES string of the molecule is CC(=O)OC(C)(C)c1cccc(C(F)(F)F)c1. The minimum atomic E-state index is -4.40. The van der Waals surface area contributed by atoms with E-state index in [1.165, 1.54) is 19.1 Å². The lowest BCUT2D eigenvalue weighted by Crippen LogP contribution is -2.24. The molecule has 0 bridgehead atoms. The van der Waals surface area contributed by atoms with E-state index in [0.717, 1.165) is 12.1 Å². The first kappa shape index (κ1) is 13.5. The first-order valence-corrected chi connectivity index (χ1v) is 5.00. The van der Waals surface area contributed by atoms with Crippen molar-refractivity contribution in [2.45, 2.75) is 32.5 Å². The Labute approximate surface area is 97.4 Å². The van der Waals surface area contributed by atoms with Gasteiger partial charge in [-0.3, -0.25) is 4.79 Å². The third-order valence-electron chi connectivity index (χ3n) is 2.28. The zero-order valence-corrected chi connectivity index (χ0v) is 9.76. The summed E-state index contributed by atoms with van der Waals surface area (Å²) in [4.78, 5) is 10.9. The van der Waals surface area contributed by atoms with E-state index in [2.05, 4.69) is 0 Å². The van der Waals surface area contributed by atoms with Gasteiger partial charge in [-0.1, -0.05) is 12.1 Å². The number of benzene rings is 1. The molecule has 0 aromatic heterocycles. The number of carbonyl (C=O) groups is 1. The third kappa shape index (κ3) is 3.47. The van der Waals surface area contributed by atoms with E-state index in [1.807, 2.05) is 0 Å². The van der Waals surface area contributed by atoms with E-state index in [0.29, 0.717) is 5.56 Å². The largest absolute Gasteiger partial charge is 0.455 e. The summed E-state index contributed by atoms with van der Waals surface area (Å²) in [5, 5.41) is 0. The normalized spacial score (nSPS) is 12.4. The minimum absolute atomic E-state index is 0.308. The highest BCUT2D eigenvalue weighted by molar-refractivity contribution is 5.66. The molecule has 0 aliphatic rings. The Morgan fingerprint density at radius 1 is 1.18 bits per heavy atom. The van der Waals surface area contributed by atoms with Crippen LogP contribution in [0.5, 0.6) is 0 Å². The topological polar surface area (TPSA) is 26.3 Å². The van der Waals surface area contributed by atoms with Crippen molar-refractivity contribution in [3.63, 3.8) is 0 Å².